The number of thiazole rings is 1. The topological polar surface area (TPSA) is 51.2 Å². The first kappa shape index (κ1) is 14.5. The standard InChI is InChI=1S/C15H18N2O2S/c1-9(2)19-13-7-5-6-12(8-13)14(18)17-15-16-10(3)11(4)20-15/h5-9H,1-4H3,(H,16,17,18). The average molecular weight is 290 g/mol. The van der Waals surface area contributed by atoms with Crippen LogP contribution in [-0.4, -0.2) is 17.0 Å². The van der Waals surface area contributed by atoms with E-state index in [1.54, 1.807) is 12.1 Å². The molecule has 0 aliphatic heterocycles. The predicted octanol–water partition coefficient (Wildman–Crippen LogP) is 3.80. The van der Waals surface area contributed by atoms with Gasteiger partial charge < -0.3 is 4.74 Å². The van der Waals surface area contributed by atoms with E-state index in [0.717, 1.165) is 10.6 Å². The number of ether oxygens (including phenoxy) is 1. The summed E-state index contributed by atoms with van der Waals surface area (Å²) >= 11 is 1.48. The maximum absolute atomic E-state index is 12.2. The first-order valence-electron chi connectivity index (χ1n) is 6.48. The number of nitrogens with one attached hydrogen (secondary N) is 1. The lowest BCUT2D eigenvalue weighted by Gasteiger charge is -2.10. The van der Waals surface area contributed by atoms with E-state index in [0.29, 0.717) is 16.4 Å². The zero-order valence-electron chi connectivity index (χ0n) is 12.1. The second kappa shape index (κ2) is 6.05. The molecule has 1 N–H and O–H groups in total. The van der Waals surface area contributed by atoms with E-state index in [9.17, 15) is 4.79 Å². The number of hydrogen-bond acceptors (Lipinski definition) is 4. The van der Waals surface area contributed by atoms with Crippen LogP contribution in [0, 0.1) is 13.8 Å². The third-order valence-electron chi connectivity index (χ3n) is 2.72. The predicted molar refractivity (Wildman–Crippen MR) is 81.7 cm³/mol. The lowest BCUT2D eigenvalue weighted by Crippen LogP contribution is -2.12. The minimum atomic E-state index is -0.173. The third-order valence-corrected chi connectivity index (χ3v) is 3.71. The molecular weight excluding hydrogens is 272 g/mol. The van der Waals surface area contributed by atoms with Crippen LogP contribution in [0.4, 0.5) is 5.13 Å². The fourth-order valence-corrected chi connectivity index (χ4v) is 2.49. The van der Waals surface area contributed by atoms with Crippen LogP contribution in [0.5, 0.6) is 5.75 Å². The highest BCUT2D eigenvalue weighted by Crippen LogP contribution is 2.22. The van der Waals surface area contributed by atoms with Gasteiger partial charge in [-0.05, 0) is 45.9 Å². The van der Waals surface area contributed by atoms with Crippen LogP contribution in [0.1, 0.15) is 34.8 Å². The Bertz CT molecular complexity index is 601. The van der Waals surface area contributed by atoms with Crippen LogP contribution in [0.3, 0.4) is 0 Å². The van der Waals surface area contributed by atoms with Crippen molar-refractivity contribution >= 4 is 22.4 Å². The summed E-state index contributed by atoms with van der Waals surface area (Å²) in [5, 5.41) is 3.44. The molecule has 0 radical (unpaired) electrons. The highest BCUT2D eigenvalue weighted by molar-refractivity contribution is 7.15. The fourth-order valence-electron chi connectivity index (χ4n) is 1.68. The van der Waals surface area contributed by atoms with Crippen molar-refractivity contribution in [3.63, 3.8) is 0 Å². The van der Waals surface area contributed by atoms with Crippen molar-refractivity contribution in [2.24, 2.45) is 0 Å². The van der Waals surface area contributed by atoms with Gasteiger partial charge in [-0.2, -0.15) is 0 Å². The molecule has 0 unspecified atom stereocenters. The molecule has 4 nitrogen and oxygen atoms in total. The van der Waals surface area contributed by atoms with Crippen molar-refractivity contribution in [1.29, 1.82) is 0 Å². The molecule has 0 aliphatic carbocycles. The molecule has 1 aromatic heterocycles. The Labute approximate surface area is 122 Å². The second-order valence-electron chi connectivity index (χ2n) is 4.81. The molecule has 106 valence electrons. The van der Waals surface area contributed by atoms with Gasteiger partial charge in [0.25, 0.3) is 5.91 Å². The van der Waals surface area contributed by atoms with E-state index in [4.69, 9.17) is 4.74 Å². The number of nitrogens with zero attached hydrogens (tertiary/aromatic N) is 1. The first-order valence-corrected chi connectivity index (χ1v) is 7.29. The largest absolute Gasteiger partial charge is 0.491 e. The Hall–Kier alpha value is -1.88. The summed E-state index contributed by atoms with van der Waals surface area (Å²) < 4.78 is 5.59. The van der Waals surface area contributed by atoms with Crippen molar-refractivity contribution in [3.8, 4) is 5.75 Å². The summed E-state index contributed by atoms with van der Waals surface area (Å²) in [6.07, 6.45) is 0.0811. The normalized spacial score (nSPS) is 10.7. The Balaban J connectivity index is 2.12. The number of hydrogen-bond donors (Lipinski definition) is 1. The summed E-state index contributed by atoms with van der Waals surface area (Å²) in [5.74, 6) is 0.520. The highest BCUT2D eigenvalue weighted by atomic mass is 32.1. The van der Waals surface area contributed by atoms with Crippen LogP contribution in [0.15, 0.2) is 24.3 Å². The average Bonchev–Trinajstić information content (AvgIpc) is 2.67. The molecule has 1 amide bonds. The highest BCUT2D eigenvalue weighted by Gasteiger charge is 2.11. The van der Waals surface area contributed by atoms with Crippen LogP contribution in [-0.2, 0) is 0 Å². The van der Waals surface area contributed by atoms with Crippen molar-refractivity contribution in [1.82, 2.24) is 4.98 Å². The van der Waals surface area contributed by atoms with E-state index in [-0.39, 0.29) is 12.0 Å². The molecule has 0 fully saturated rings. The second-order valence-corrected chi connectivity index (χ2v) is 6.01. The Morgan fingerprint density at radius 1 is 1.35 bits per heavy atom. The number of aromatic nitrogens is 1. The maximum Gasteiger partial charge on any atom is 0.257 e. The van der Waals surface area contributed by atoms with Gasteiger partial charge in [0.05, 0.1) is 11.8 Å². The summed E-state index contributed by atoms with van der Waals surface area (Å²) in [6, 6.07) is 7.15. The quantitative estimate of drug-likeness (QED) is 0.931. The van der Waals surface area contributed by atoms with Crippen molar-refractivity contribution in [2.75, 3.05) is 5.32 Å². The van der Waals surface area contributed by atoms with E-state index >= 15 is 0 Å². The minimum Gasteiger partial charge on any atom is -0.491 e. The lowest BCUT2D eigenvalue weighted by atomic mass is 10.2. The van der Waals surface area contributed by atoms with E-state index in [1.807, 2.05) is 39.8 Å². The molecule has 0 spiro atoms. The number of benzene rings is 1. The molecule has 0 atom stereocenters. The molecule has 20 heavy (non-hydrogen) atoms. The van der Waals surface area contributed by atoms with Crippen molar-refractivity contribution in [3.05, 3.63) is 40.4 Å². The molecule has 1 heterocycles. The zero-order chi connectivity index (χ0) is 14.7. The molecule has 0 saturated carbocycles. The van der Waals surface area contributed by atoms with Crippen LogP contribution in [0.2, 0.25) is 0 Å². The summed E-state index contributed by atoms with van der Waals surface area (Å²) in [6.45, 7) is 7.82. The van der Waals surface area contributed by atoms with Gasteiger partial charge in [0, 0.05) is 10.4 Å². The molecule has 5 heteroatoms. The van der Waals surface area contributed by atoms with Crippen LogP contribution >= 0.6 is 11.3 Å². The van der Waals surface area contributed by atoms with Crippen LogP contribution < -0.4 is 10.1 Å². The number of anilines is 1. The number of carbonyl (C=O) groups excluding carboxylic acids is 1. The van der Waals surface area contributed by atoms with Gasteiger partial charge in [0.15, 0.2) is 5.13 Å². The number of aryl methyl sites for hydroxylation is 2. The molecule has 2 aromatic rings. The molecule has 0 saturated heterocycles. The summed E-state index contributed by atoms with van der Waals surface area (Å²) in [5.41, 5.74) is 1.51. The molecule has 1 aromatic carbocycles. The van der Waals surface area contributed by atoms with Gasteiger partial charge in [-0.25, -0.2) is 4.98 Å². The van der Waals surface area contributed by atoms with Gasteiger partial charge in [0.2, 0.25) is 0 Å². The lowest BCUT2D eigenvalue weighted by molar-refractivity contribution is 0.102. The molecule has 0 bridgehead atoms. The minimum absolute atomic E-state index is 0.0811. The Morgan fingerprint density at radius 2 is 2.10 bits per heavy atom. The van der Waals surface area contributed by atoms with Crippen molar-refractivity contribution < 1.29 is 9.53 Å². The van der Waals surface area contributed by atoms with E-state index in [1.165, 1.54) is 11.3 Å². The molecule has 0 aliphatic rings. The Kier molecular flexibility index (Phi) is 4.39. The maximum atomic E-state index is 12.2. The fraction of sp³-hybridized carbons (Fsp3) is 0.333. The van der Waals surface area contributed by atoms with Gasteiger partial charge >= 0.3 is 0 Å². The molecule has 2 rings (SSSR count). The first-order chi connectivity index (χ1) is 9.45. The van der Waals surface area contributed by atoms with Gasteiger partial charge in [-0.1, -0.05) is 6.07 Å². The van der Waals surface area contributed by atoms with E-state index < -0.39 is 0 Å². The molecular formula is C15H18N2O2S. The van der Waals surface area contributed by atoms with Crippen LogP contribution in [0.25, 0.3) is 0 Å². The number of rotatable bonds is 4. The smallest absolute Gasteiger partial charge is 0.257 e. The SMILES string of the molecule is Cc1nc(NC(=O)c2cccc(OC(C)C)c2)sc1C. The monoisotopic (exact) mass is 290 g/mol. The van der Waals surface area contributed by atoms with E-state index in [2.05, 4.69) is 10.3 Å². The van der Waals surface area contributed by atoms with Gasteiger partial charge in [0.1, 0.15) is 5.75 Å². The van der Waals surface area contributed by atoms with Gasteiger partial charge in [-0.15, -0.1) is 11.3 Å². The summed E-state index contributed by atoms with van der Waals surface area (Å²) in [4.78, 5) is 17.6. The Morgan fingerprint density at radius 3 is 2.70 bits per heavy atom. The third kappa shape index (κ3) is 3.57. The van der Waals surface area contributed by atoms with Gasteiger partial charge in [-0.3, -0.25) is 10.1 Å². The summed E-state index contributed by atoms with van der Waals surface area (Å²) in [7, 11) is 0. The number of amides is 1. The zero-order valence-corrected chi connectivity index (χ0v) is 12.9. The number of carbonyl (C=O) groups is 1. The van der Waals surface area contributed by atoms with Crippen molar-refractivity contribution in [2.45, 2.75) is 33.8 Å².